The van der Waals surface area contributed by atoms with E-state index in [0.29, 0.717) is 23.6 Å². The SMILES string of the molecule is COC(=O)c1ccc(-c2nn(C(=O)c3c(Cl)cccc3C(F)(F)F)c3cc(C(=O)C4CC4)cnc23)c(F)c1. The first-order chi connectivity index (χ1) is 18.0. The Morgan fingerprint density at radius 3 is 2.45 bits per heavy atom. The number of ether oxygens (including phenoxy) is 1. The first-order valence-corrected chi connectivity index (χ1v) is 11.6. The lowest BCUT2D eigenvalue weighted by molar-refractivity contribution is -0.137. The highest BCUT2D eigenvalue weighted by Crippen LogP contribution is 2.38. The molecule has 1 saturated carbocycles. The standard InChI is InChI=1S/C26H16ClF4N3O4/c1-38-25(37)13-7-8-15(18(28)9-13)21-22-19(10-14(11-32-22)23(35)12-5-6-12)34(33-21)24(36)20-16(26(29,30)31)3-2-4-17(20)27/h2-4,7-12H,5-6H2,1H3. The number of esters is 1. The predicted molar refractivity (Wildman–Crippen MR) is 127 cm³/mol. The van der Waals surface area contributed by atoms with E-state index in [9.17, 15) is 27.6 Å². The van der Waals surface area contributed by atoms with Crippen molar-refractivity contribution in [2.75, 3.05) is 7.11 Å². The van der Waals surface area contributed by atoms with Crippen LogP contribution in [0, 0.1) is 11.7 Å². The van der Waals surface area contributed by atoms with Gasteiger partial charge in [-0.2, -0.15) is 23.0 Å². The van der Waals surface area contributed by atoms with Crippen LogP contribution in [0.5, 0.6) is 0 Å². The quantitative estimate of drug-likeness (QED) is 0.174. The van der Waals surface area contributed by atoms with Gasteiger partial charge in [0.2, 0.25) is 0 Å². The molecule has 0 spiro atoms. The summed E-state index contributed by atoms with van der Waals surface area (Å²) in [5, 5.41) is 3.66. The molecule has 2 aromatic heterocycles. The van der Waals surface area contributed by atoms with Crippen LogP contribution in [0.25, 0.3) is 22.3 Å². The number of pyridine rings is 1. The second-order valence-electron chi connectivity index (χ2n) is 8.64. The van der Waals surface area contributed by atoms with Crippen LogP contribution in [0.4, 0.5) is 17.6 Å². The third kappa shape index (κ3) is 4.43. The Morgan fingerprint density at radius 1 is 1.08 bits per heavy atom. The molecule has 0 amide bonds. The minimum absolute atomic E-state index is 0.0453. The van der Waals surface area contributed by atoms with Crippen molar-refractivity contribution >= 4 is 40.3 Å². The molecule has 0 radical (unpaired) electrons. The van der Waals surface area contributed by atoms with Gasteiger partial charge < -0.3 is 4.74 Å². The molecule has 12 heteroatoms. The Bertz CT molecular complexity index is 1640. The molecule has 2 heterocycles. The van der Waals surface area contributed by atoms with Gasteiger partial charge in [-0.3, -0.25) is 14.6 Å². The van der Waals surface area contributed by atoms with E-state index < -0.39 is 40.0 Å². The van der Waals surface area contributed by atoms with E-state index in [0.717, 1.165) is 25.3 Å². The van der Waals surface area contributed by atoms with Gasteiger partial charge >= 0.3 is 12.1 Å². The molecule has 1 aliphatic rings. The fraction of sp³-hybridized carbons (Fsp3) is 0.192. The van der Waals surface area contributed by atoms with Gasteiger partial charge in [-0.15, -0.1) is 0 Å². The van der Waals surface area contributed by atoms with E-state index >= 15 is 4.39 Å². The zero-order valence-electron chi connectivity index (χ0n) is 19.5. The second kappa shape index (κ2) is 9.32. The van der Waals surface area contributed by atoms with E-state index in [4.69, 9.17) is 11.6 Å². The molecular weight excluding hydrogens is 530 g/mol. The summed E-state index contributed by atoms with van der Waals surface area (Å²) >= 11 is 6.04. The third-order valence-corrected chi connectivity index (χ3v) is 6.44. The van der Waals surface area contributed by atoms with Crippen LogP contribution in [-0.4, -0.2) is 39.5 Å². The van der Waals surface area contributed by atoms with Crippen molar-refractivity contribution in [3.05, 3.63) is 81.8 Å². The number of hydrogen-bond acceptors (Lipinski definition) is 6. The smallest absolute Gasteiger partial charge is 0.417 e. The summed E-state index contributed by atoms with van der Waals surface area (Å²) in [6.45, 7) is 0. The molecule has 0 aliphatic heterocycles. The molecule has 5 rings (SSSR count). The number of nitrogens with zero attached hydrogens (tertiary/aromatic N) is 3. The van der Waals surface area contributed by atoms with Crippen LogP contribution in [0.1, 0.15) is 49.5 Å². The second-order valence-corrected chi connectivity index (χ2v) is 9.05. The maximum Gasteiger partial charge on any atom is 0.417 e. The van der Waals surface area contributed by atoms with Crippen LogP contribution < -0.4 is 0 Å². The molecule has 0 saturated heterocycles. The Hall–Kier alpha value is -4.12. The zero-order valence-corrected chi connectivity index (χ0v) is 20.2. The highest BCUT2D eigenvalue weighted by molar-refractivity contribution is 6.34. The Balaban J connectivity index is 1.74. The van der Waals surface area contributed by atoms with Crippen molar-refractivity contribution in [1.29, 1.82) is 0 Å². The number of carbonyl (C=O) groups is 3. The first-order valence-electron chi connectivity index (χ1n) is 11.2. The number of fused-ring (bicyclic) bond motifs is 1. The van der Waals surface area contributed by atoms with Gasteiger partial charge in [0.15, 0.2) is 5.78 Å². The molecule has 4 aromatic rings. The third-order valence-electron chi connectivity index (χ3n) is 6.12. The number of Topliss-reactive ketones (excluding diaryl/α,β-unsaturated/α-hetero) is 1. The van der Waals surface area contributed by atoms with Gasteiger partial charge in [0.05, 0.1) is 34.3 Å². The van der Waals surface area contributed by atoms with Gasteiger partial charge in [0, 0.05) is 23.2 Å². The van der Waals surface area contributed by atoms with E-state index in [-0.39, 0.29) is 45.1 Å². The summed E-state index contributed by atoms with van der Waals surface area (Å²) in [6, 6.07) is 7.55. The molecule has 7 nitrogen and oxygen atoms in total. The maximum absolute atomic E-state index is 15.1. The summed E-state index contributed by atoms with van der Waals surface area (Å²) in [6.07, 6.45) is -2.29. The number of hydrogen-bond donors (Lipinski definition) is 0. The van der Waals surface area contributed by atoms with Gasteiger partial charge in [0.25, 0.3) is 5.91 Å². The van der Waals surface area contributed by atoms with Gasteiger partial charge in [-0.05, 0) is 49.2 Å². The summed E-state index contributed by atoms with van der Waals surface area (Å²) in [5.41, 5.74) is -2.63. The summed E-state index contributed by atoms with van der Waals surface area (Å²) in [5.74, 6) is -3.39. The monoisotopic (exact) mass is 545 g/mol. The highest BCUT2D eigenvalue weighted by atomic mass is 35.5. The number of benzene rings is 2. The van der Waals surface area contributed by atoms with Gasteiger partial charge in [0.1, 0.15) is 17.0 Å². The molecule has 1 fully saturated rings. The minimum Gasteiger partial charge on any atom is -0.465 e. The number of rotatable bonds is 5. The summed E-state index contributed by atoms with van der Waals surface area (Å²) in [7, 11) is 1.13. The van der Waals surface area contributed by atoms with E-state index in [1.54, 1.807) is 0 Å². The Labute approximate surface area is 217 Å². The molecule has 194 valence electrons. The summed E-state index contributed by atoms with van der Waals surface area (Å²) in [4.78, 5) is 42.2. The average molecular weight is 546 g/mol. The lowest BCUT2D eigenvalue weighted by Crippen LogP contribution is -2.20. The number of ketones is 1. The lowest BCUT2D eigenvalue weighted by Gasteiger charge is -2.13. The number of halogens is 5. The number of methoxy groups -OCH3 is 1. The molecule has 0 atom stereocenters. The Morgan fingerprint density at radius 2 is 1.82 bits per heavy atom. The van der Waals surface area contributed by atoms with Crippen molar-refractivity contribution in [1.82, 2.24) is 14.8 Å². The van der Waals surface area contributed by atoms with Crippen molar-refractivity contribution in [2.24, 2.45) is 5.92 Å². The fourth-order valence-corrected chi connectivity index (χ4v) is 4.34. The molecule has 0 N–H and O–H groups in total. The average Bonchev–Trinajstić information content (AvgIpc) is 3.67. The normalized spacial score (nSPS) is 13.5. The first kappa shape index (κ1) is 25.5. The van der Waals surface area contributed by atoms with Crippen molar-refractivity contribution in [3.8, 4) is 11.3 Å². The molecule has 0 bridgehead atoms. The Kier molecular flexibility index (Phi) is 6.26. The van der Waals surface area contributed by atoms with Gasteiger partial charge in [-0.1, -0.05) is 17.7 Å². The van der Waals surface area contributed by atoms with Gasteiger partial charge in [-0.25, -0.2) is 9.18 Å². The van der Waals surface area contributed by atoms with Crippen LogP contribution in [0.15, 0.2) is 48.7 Å². The van der Waals surface area contributed by atoms with E-state index in [1.165, 1.54) is 24.4 Å². The maximum atomic E-state index is 15.1. The van der Waals surface area contributed by atoms with E-state index in [1.807, 2.05) is 0 Å². The molecule has 2 aromatic carbocycles. The van der Waals surface area contributed by atoms with Crippen molar-refractivity contribution in [2.45, 2.75) is 19.0 Å². The van der Waals surface area contributed by atoms with Crippen molar-refractivity contribution in [3.63, 3.8) is 0 Å². The number of alkyl halides is 3. The van der Waals surface area contributed by atoms with Crippen LogP contribution in [0.3, 0.4) is 0 Å². The largest absolute Gasteiger partial charge is 0.465 e. The van der Waals surface area contributed by atoms with Crippen LogP contribution in [0.2, 0.25) is 5.02 Å². The number of aromatic nitrogens is 3. The van der Waals surface area contributed by atoms with Crippen LogP contribution >= 0.6 is 11.6 Å². The lowest BCUT2D eigenvalue weighted by atomic mass is 10.0. The molecule has 38 heavy (non-hydrogen) atoms. The minimum atomic E-state index is -4.91. The van der Waals surface area contributed by atoms with Crippen LogP contribution in [-0.2, 0) is 10.9 Å². The van der Waals surface area contributed by atoms with Crippen molar-refractivity contribution < 1.29 is 36.7 Å². The molecule has 1 aliphatic carbocycles. The molecule has 0 unspecified atom stereocenters. The zero-order chi connectivity index (χ0) is 27.4. The topological polar surface area (TPSA) is 91.1 Å². The predicted octanol–water partition coefficient (Wildman–Crippen LogP) is 5.98. The fourth-order valence-electron chi connectivity index (χ4n) is 4.09. The number of carbonyl (C=O) groups excluding carboxylic acids is 3. The van der Waals surface area contributed by atoms with E-state index in [2.05, 4.69) is 14.8 Å². The highest BCUT2D eigenvalue weighted by Gasteiger charge is 2.38. The summed E-state index contributed by atoms with van der Waals surface area (Å²) < 4.78 is 61.6. The molecular formula is C26H16ClF4N3O4.